The van der Waals surface area contributed by atoms with Gasteiger partial charge in [0, 0.05) is 18.5 Å². The van der Waals surface area contributed by atoms with Gasteiger partial charge < -0.3 is 0 Å². The molecule has 1 heterocycles. The van der Waals surface area contributed by atoms with Crippen molar-refractivity contribution in [3.05, 3.63) is 65.2 Å². The van der Waals surface area contributed by atoms with Gasteiger partial charge in [-0.2, -0.15) is 5.10 Å². The van der Waals surface area contributed by atoms with E-state index in [1.165, 1.54) is 0 Å². The van der Waals surface area contributed by atoms with Crippen molar-refractivity contribution >= 4 is 27.3 Å². The first-order chi connectivity index (χ1) is 13.3. The van der Waals surface area contributed by atoms with Crippen molar-refractivity contribution in [1.82, 2.24) is 5.01 Å². The molecule has 1 aliphatic rings. The molecule has 0 radical (unpaired) electrons. The van der Waals surface area contributed by atoms with Crippen LogP contribution in [0.3, 0.4) is 0 Å². The number of carbonyl (C=O) groups excluding carboxylic acids is 1. The van der Waals surface area contributed by atoms with Gasteiger partial charge in [0.15, 0.2) is 0 Å². The lowest BCUT2D eigenvalue weighted by Crippen LogP contribution is -2.26. The van der Waals surface area contributed by atoms with Crippen molar-refractivity contribution in [3.63, 3.8) is 0 Å². The van der Waals surface area contributed by atoms with Crippen LogP contribution in [-0.2, 0) is 14.8 Å². The molecule has 3 rings (SSSR count). The Balaban J connectivity index is 1.86. The number of hydrazone groups is 1. The van der Waals surface area contributed by atoms with E-state index in [1.807, 2.05) is 44.2 Å². The maximum absolute atomic E-state index is 12.4. The molecule has 6 nitrogen and oxygen atoms in total. The topological polar surface area (TPSA) is 78.8 Å². The smallest absolute Gasteiger partial charge is 0.242 e. The average Bonchev–Trinajstić information content (AvgIpc) is 3.13. The number of nitrogens with zero attached hydrogens (tertiary/aromatic N) is 2. The Hall–Kier alpha value is -2.67. The van der Waals surface area contributed by atoms with Gasteiger partial charge in [-0.05, 0) is 37.1 Å². The minimum Gasteiger partial charge on any atom is -0.284 e. The largest absolute Gasteiger partial charge is 0.284 e. The standard InChI is InChI=1S/C21H25N3O3S/c1-4-21(25)24-20(17-8-6-7-15(3)13-17)14-19(22-24)16-9-11-18(12-10-16)23-28(26,27)5-2/h6-13,20,23H,4-5,14H2,1-3H3/t20-/m1/s1. The Morgan fingerprint density at radius 1 is 1.18 bits per heavy atom. The highest BCUT2D eigenvalue weighted by Crippen LogP contribution is 2.33. The highest BCUT2D eigenvalue weighted by atomic mass is 32.2. The summed E-state index contributed by atoms with van der Waals surface area (Å²) in [5.74, 6) is 0.00195. The molecule has 0 aromatic heterocycles. The summed E-state index contributed by atoms with van der Waals surface area (Å²) in [6.07, 6.45) is 1.01. The van der Waals surface area contributed by atoms with E-state index in [0.717, 1.165) is 22.4 Å². The summed E-state index contributed by atoms with van der Waals surface area (Å²) < 4.78 is 25.9. The van der Waals surface area contributed by atoms with Gasteiger partial charge >= 0.3 is 0 Å². The van der Waals surface area contributed by atoms with E-state index in [1.54, 1.807) is 24.1 Å². The Bertz CT molecular complexity index is 998. The molecule has 0 spiro atoms. The van der Waals surface area contributed by atoms with Gasteiger partial charge in [0.25, 0.3) is 0 Å². The zero-order valence-electron chi connectivity index (χ0n) is 16.3. The molecule has 0 aliphatic carbocycles. The number of anilines is 1. The van der Waals surface area contributed by atoms with Crippen LogP contribution in [-0.4, -0.2) is 30.8 Å². The number of hydrogen-bond donors (Lipinski definition) is 1. The van der Waals surface area contributed by atoms with E-state index >= 15 is 0 Å². The molecule has 0 saturated heterocycles. The second kappa shape index (κ2) is 8.14. The van der Waals surface area contributed by atoms with Gasteiger partial charge in [0.05, 0.1) is 17.5 Å². The summed E-state index contributed by atoms with van der Waals surface area (Å²) in [5.41, 5.74) is 4.41. The zero-order valence-corrected chi connectivity index (χ0v) is 17.2. The van der Waals surface area contributed by atoms with Crippen LogP contribution in [0.5, 0.6) is 0 Å². The predicted molar refractivity (Wildman–Crippen MR) is 112 cm³/mol. The number of amides is 1. The summed E-state index contributed by atoms with van der Waals surface area (Å²) in [7, 11) is -3.31. The van der Waals surface area contributed by atoms with Crippen LogP contribution in [0.25, 0.3) is 0 Å². The highest BCUT2D eigenvalue weighted by molar-refractivity contribution is 7.92. The molecular weight excluding hydrogens is 374 g/mol. The third-order valence-electron chi connectivity index (χ3n) is 4.77. The molecule has 1 amide bonds. The van der Waals surface area contributed by atoms with E-state index in [9.17, 15) is 13.2 Å². The fraction of sp³-hybridized carbons (Fsp3) is 0.333. The summed E-state index contributed by atoms with van der Waals surface area (Å²) >= 11 is 0. The fourth-order valence-electron chi connectivity index (χ4n) is 3.20. The first-order valence-electron chi connectivity index (χ1n) is 9.40. The lowest BCUT2D eigenvalue weighted by Gasteiger charge is -2.21. The molecule has 7 heteroatoms. The number of carbonyl (C=O) groups is 1. The van der Waals surface area contributed by atoms with Gasteiger partial charge in [-0.3, -0.25) is 9.52 Å². The molecule has 0 fully saturated rings. The first-order valence-corrected chi connectivity index (χ1v) is 11.0. The Labute approximate surface area is 166 Å². The Morgan fingerprint density at radius 2 is 1.89 bits per heavy atom. The van der Waals surface area contributed by atoms with Crippen LogP contribution >= 0.6 is 0 Å². The SMILES string of the molecule is CCC(=O)N1N=C(c2ccc(NS(=O)(=O)CC)cc2)C[C@@H]1c1cccc(C)c1. The van der Waals surface area contributed by atoms with Crippen LogP contribution in [0, 0.1) is 6.92 Å². The van der Waals surface area contributed by atoms with Gasteiger partial charge in [0.1, 0.15) is 0 Å². The second-order valence-corrected chi connectivity index (χ2v) is 8.87. The molecule has 0 bridgehead atoms. The van der Waals surface area contributed by atoms with Crippen molar-refractivity contribution in [3.8, 4) is 0 Å². The summed E-state index contributed by atoms with van der Waals surface area (Å²) in [4.78, 5) is 12.4. The molecule has 1 aliphatic heterocycles. The van der Waals surface area contributed by atoms with Gasteiger partial charge in [0.2, 0.25) is 15.9 Å². The number of benzene rings is 2. The Kier molecular flexibility index (Phi) is 5.84. The summed E-state index contributed by atoms with van der Waals surface area (Å²) in [6, 6.07) is 15.1. The van der Waals surface area contributed by atoms with Crippen LogP contribution in [0.15, 0.2) is 53.6 Å². The van der Waals surface area contributed by atoms with E-state index in [4.69, 9.17) is 0 Å². The number of nitrogens with one attached hydrogen (secondary N) is 1. The summed E-state index contributed by atoms with van der Waals surface area (Å²) in [6.45, 7) is 5.45. The molecule has 2 aromatic carbocycles. The molecule has 2 aromatic rings. The van der Waals surface area contributed by atoms with E-state index < -0.39 is 10.0 Å². The molecule has 1 atom stereocenters. The van der Waals surface area contributed by atoms with E-state index in [-0.39, 0.29) is 17.7 Å². The van der Waals surface area contributed by atoms with Crippen LogP contribution in [0.2, 0.25) is 0 Å². The van der Waals surface area contributed by atoms with Crippen LogP contribution in [0.1, 0.15) is 49.4 Å². The van der Waals surface area contributed by atoms with Crippen molar-refractivity contribution in [2.24, 2.45) is 5.10 Å². The third kappa shape index (κ3) is 4.42. The van der Waals surface area contributed by atoms with Gasteiger partial charge in [-0.15, -0.1) is 0 Å². The minimum atomic E-state index is -3.31. The van der Waals surface area contributed by atoms with E-state index in [2.05, 4.69) is 15.9 Å². The molecular formula is C21H25N3O3S. The molecule has 148 valence electrons. The van der Waals surface area contributed by atoms with Crippen molar-refractivity contribution < 1.29 is 13.2 Å². The maximum atomic E-state index is 12.4. The van der Waals surface area contributed by atoms with Crippen molar-refractivity contribution in [1.29, 1.82) is 0 Å². The lowest BCUT2D eigenvalue weighted by atomic mass is 9.97. The molecule has 0 unspecified atom stereocenters. The van der Waals surface area contributed by atoms with E-state index in [0.29, 0.717) is 18.5 Å². The predicted octanol–water partition coefficient (Wildman–Crippen LogP) is 3.84. The third-order valence-corrected chi connectivity index (χ3v) is 6.07. The van der Waals surface area contributed by atoms with Crippen LogP contribution in [0.4, 0.5) is 5.69 Å². The minimum absolute atomic E-state index is 0.0196. The average molecular weight is 400 g/mol. The quantitative estimate of drug-likeness (QED) is 0.801. The lowest BCUT2D eigenvalue weighted by molar-refractivity contribution is -0.132. The second-order valence-electron chi connectivity index (χ2n) is 6.86. The first kappa shape index (κ1) is 20.1. The van der Waals surface area contributed by atoms with Crippen molar-refractivity contribution in [2.75, 3.05) is 10.5 Å². The zero-order chi connectivity index (χ0) is 20.3. The summed E-state index contributed by atoms with van der Waals surface area (Å²) in [5, 5.41) is 6.18. The van der Waals surface area contributed by atoms with Crippen LogP contribution < -0.4 is 4.72 Å². The Morgan fingerprint density at radius 3 is 2.50 bits per heavy atom. The molecule has 0 saturated carbocycles. The molecule has 1 N–H and O–H groups in total. The fourth-order valence-corrected chi connectivity index (χ4v) is 3.84. The number of aryl methyl sites for hydroxylation is 1. The number of rotatable bonds is 6. The normalized spacial score (nSPS) is 16.8. The number of hydrogen-bond acceptors (Lipinski definition) is 4. The maximum Gasteiger partial charge on any atom is 0.242 e. The monoisotopic (exact) mass is 399 g/mol. The number of sulfonamides is 1. The van der Waals surface area contributed by atoms with Gasteiger partial charge in [-0.25, -0.2) is 13.4 Å². The van der Waals surface area contributed by atoms with Crippen molar-refractivity contribution in [2.45, 2.75) is 39.7 Å². The van der Waals surface area contributed by atoms with Gasteiger partial charge in [-0.1, -0.05) is 48.9 Å². The highest BCUT2D eigenvalue weighted by Gasteiger charge is 2.32. The molecule has 28 heavy (non-hydrogen) atoms.